The molecule has 1 saturated carbocycles. The molecule has 10 nitrogen and oxygen atoms in total. The molecule has 1 aliphatic carbocycles. The summed E-state index contributed by atoms with van der Waals surface area (Å²) in [6.45, 7) is 1.33. The van der Waals surface area contributed by atoms with Crippen LogP contribution >= 0.6 is 11.6 Å². The number of hydrogen-bond acceptors (Lipinski definition) is 7. The fourth-order valence-corrected chi connectivity index (χ4v) is 7.05. The zero-order valence-corrected chi connectivity index (χ0v) is 27.6. The van der Waals surface area contributed by atoms with Gasteiger partial charge in [0.15, 0.2) is 11.5 Å². The molecule has 1 fully saturated rings. The van der Waals surface area contributed by atoms with Crippen molar-refractivity contribution >= 4 is 39.1 Å². The maximum absolute atomic E-state index is 14.3. The van der Waals surface area contributed by atoms with E-state index in [0.29, 0.717) is 22.9 Å². The number of nitrogens with one attached hydrogen (secondary N) is 1. The predicted molar refractivity (Wildman–Crippen MR) is 174 cm³/mol. The monoisotopic (exact) mass is 657 g/mol. The summed E-state index contributed by atoms with van der Waals surface area (Å²) in [4.78, 5) is 29.3. The molecule has 45 heavy (non-hydrogen) atoms. The first kappa shape index (κ1) is 33.9. The number of hydrogen-bond donors (Lipinski definition) is 1. The van der Waals surface area contributed by atoms with Crippen molar-refractivity contribution < 1.29 is 32.2 Å². The van der Waals surface area contributed by atoms with Crippen LogP contribution in [0, 0.1) is 0 Å². The number of methoxy groups -OCH3 is 3. The summed E-state index contributed by atoms with van der Waals surface area (Å²) in [5, 5.41) is 3.52. The predicted octanol–water partition coefficient (Wildman–Crippen LogP) is 5.43. The number of rotatable bonds is 14. The van der Waals surface area contributed by atoms with Crippen LogP contribution in [0.15, 0.2) is 71.6 Å². The highest BCUT2D eigenvalue weighted by molar-refractivity contribution is 7.92. The van der Waals surface area contributed by atoms with E-state index in [1.807, 2.05) is 13.0 Å². The quantitative estimate of drug-likeness (QED) is 0.246. The van der Waals surface area contributed by atoms with Gasteiger partial charge in [0.05, 0.1) is 31.9 Å². The van der Waals surface area contributed by atoms with Gasteiger partial charge >= 0.3 is 0 Å². The van der Waals surface area contributed by atoms with Gasteiger partial charge in [-0.25, -0.2) is 8.42 Å². The number of sulfonamides is 1. The number of halogens is 1. The molecule has 1 aliphatic rings. The van der Waals surface area contributed by atoms with Gasteiger partial charge in [-0.15, -0.1) is 0 Å². The largest absolute Gasteiger partial charge is 0.497 e. The van der Waals surface area contributed by atoms with Crippen LogP contribution in [0.3, 0.4) is 0 Å². The molecule has 0 bridgehead atoms. The highest BCUT2D eigenvalue weighted by atomic mass is 35.5. The van der Waals surface area contributed by atoms with Crippen molar-refractivity contribution in [2.45, 2.75) is 62.6 Å². The van der Waals surface area contributed by atoms with Crippen molar-refractivity contribution in [1.29, 1.82) is 0 Å². The van der Waals surface area contributed by atoms with Crippen LogP contribution in [0.5, 0.6) is 17.2 Å². The molecule has 3 aromatic carbocycles. The number of carbonyl (C=O) groups is 2. The lowest BCUT2D eigenvalue weighted by atomic mass is 10.1. The highest BCUT2D eigenvalue weighted by Crippen LogP contribution is 2.33. The van der Waals surface area contributed by atoms with Gasteiger partial charge in [0.2, 0.25) is 11.8 Å². The molecule has 2 amide bonds. The van der Waals surface area contributed by atoms with Crippen LogP contribution in [0.4, 0.5) is 5.69 Å². The van der Waals surface area contributed by atoms with Gasteiger partial charge in [-0.1, -0.05) is 43.5 Å². The van der Waals surface area contributed by atoms with Gasteiger partial charge < -0.3 is 24.4 Å². The molecule has 1 N–H and O–H groups in total. The topological polar surface area (TPSA) is 114 Å². The minimum absolute atomic E-state index is 0.0521. The Labute approximate surface area is 270 Å². The van der Waals surface area contributed by atoms with E-state index in [4.69, 9.17) is 25.8 Å². The van der Waals surface area contributed by atoms with Gasteiger partial charge in [0, 0.05) is 23.7 Å². The molecule has 0 spiro atoms. The molecule has 0 aromatic heterocycles. The van der Waals surface area contributed by atoms with Gasteiger partial charge in [-0.05, 0) is 73.4 Å². The van der Waals surface area contributed by atoms with Crippen molar-refractivity contribution in [3.8, 4) is 17.2 Å². The maximum atomic E-state index is 14.3. The van der Waals surface area contributed by atoms with Crippen LogP contribution in [-0.4, -0.2) is 65.1 Å². The summed E-state index contributed by atoms with van der Waals surface area (Å²) < 4.78 is 45.5. The summed E-state index contributed by atoms with van der Waals surface area (Å²) in [6.07, 6.45) is 4.19. The Kier molecular flexibility index (Phi) is 11.6. The Hall–Kier alpha value is -3.96. The average molecular weight is 658 g/mol. The molecule has 4 rings (SSSR count). The van der Waals surface area contributed by atoms with E-state index in [1.165, 1.54) is 49.5 Å². The lowest BCUT2D eigenvalue weighted by molar-refractivity contribution is -0.140. The van der Waals surface area contributed by atoms with Crippen molar-refractivity contribution in [1.82, 2.24) is 10.2 Å². The number of benzene rings is 3. The molecule has 3 aromatic rings. The fraction of sp³-hybridized carbons (Fsp3) is 0.394. The molecule has 0 aliphatic heterocycles. The SMILES string of the molecule is CC[C@@H](C(=O)NC1CCCC1)N(Cc1cccc(OC)c1)C(=O)CN(c1ccc(Cl)cc1)S(=O)(=O)c1ccc(OC)c(OC)c1. The second-order valence-electron chi connectivity index (χ2n) is 10.8. The summed E-state index contributed by atoms with van der Waals surface area (Å²) in [7, 11) is 0.0917. The smallest absolute Gasteiger partial charge is 0.264 e. The molecule has 0 radical (unpaired) electrons. The standard InChI is InChI=1S/C33H40ClN3O7S/c1-5-29(33(39)35-25-10-6-7-11-25)36(21-23-9-8-12-27(19-23)42-2)32(38)22-37(26-15-13-24(34)14-16-26)45(40,41)28-17-18-30(43-3)31(20-28)44-4/h8-9,12-20,25,29H,5-7,10-11,21-22H2,1-4H3,(H,35,39)/t29-/m0/s1. The minimum Gasteiger partial charge on any atom is -0.497 e. The molecule has 12 heteroatoms. The zero-order valence-electron chi connectivity index (χ0n) is 26.0. The number of ether oxygens (including phenoxy) is 3. The Morgan fingerprint density at radius 2 is 1.62 bits per heavy atom. The third-order valence-corrected chi connectivity index (χ3v) is 9.93. The van der Waals surface area contributed by atoms with E-state index in [-0.39, 0.29) is 34.8 Å². The van der Waals surface area contributed by atoms with Gasteiger partial charge in [0.25, 0.3) is 10.0 Å². The average Bonchev–Trinajstić information content (AvgIpc) is 3.56. The normalized spacial score (nSPS) is 14.0. The number of anilines is 1. The third kappa shape index (κ3) is 8.20. The lowest BCUT2D eigenvalue weighted by Gasteiger charge is -2.34. The lowest BCUT2D eigenvalue weighted by Crippen LogP contribution is -2.53. The van der Waals surface area contributed by atoms with Crippen LogP contribution in [0.1, 0.15) is 44.6 Å². The molecular formula is C33H40ClN3O7S. The molecule has 0 saturated heterocycles. The first-order valence-corrected chi connectivity index (χ1v) is 16.7. The highest BCUT2D eigenvalue weighted by Gasteiger charge is 2.35. The zero-order chi connectivity index (χ0) is 32.6. The second-order valence-corrected chi connectivity index (χ2v) is 13.1. The van der Waals surface area contributed by atoms with Crippen LogP contribution in [0.2, 0.25) is 5.02 Å². The maximum Gasteiger partial charge on any atom is 0.264 e. The molecule has 0 heterocycles. The second kappa shape index (κ2) is 15.4. The third-order valence-electron chi connectivity index (χ3n) is 7.91. The van der Waals surface area contributed by atoms with E-state index in [0.717, 1.165) is 35.6 Å². The first-order chi connectivity index (χ1) is 21.6. The molecule has 242 valence electrons. The summed E-state index contributed by atoms with van der Waals surface area (Å²) in [6, 6.07) is 16.8. The Morgan fingerprint density at radius 1 is 0.933 bits per heavy atom. The van der Waals surface area contributed by atoms with E-state index in [2.05, 4.69) is 5.32 Å². The van der Waals surface area contributed by atoms with Crippen molar-refractivity contribution in [3.63, 3.8) is 0 Å². The molecular weight excluding hydrogens is 618 g/mol. The van der Waals surface area contributed by atoms with Crippen LogP contribution < -0.4 is 23.8 Å². The van der Waals surface area contributed by atoms with E-state index >= 15 is 0 Å². The fourth-order valence-electron chi connectivity index (χ4n) is 5.49. The van der Waals surface area contributed by atoms with E-state index < -0.39 is 28.5 Å². The van der Waals surface area contributed by atoms with Crippen LogP contribution in [-0.2, 0) is 26.2 Å². The first-order valence-electron chi connectivity index (χ1n) is 14.8. The van der Waals surface area contributed by atoms with E-state index in [1.54, 1.807) is 37.4 Å². The number of nitrogens with zero attached hydrogens (tertiary/aromatic N) is 2. The van der Waals surface area contributed by atoms with E-state index in [9.17, 15) is 18.0 Å². The van der Waals surface area contributed by atoms with Gasteiger partial charge in [0.1, 0.15) is 18.3 Å². The van der Waals surface area contributed by atoms with Gasteiger partial charge in [-0.3, -0.25) is 13.9 Å². The minimum atomic E-state index is -4.32. The van der Waals surface area contributed by atoms with Crippen molar-refractivity contribution in [2.24, 2.45) is 0 Å². The Bertz CT molecular complexity index is 1580. The van der Waals surface area contributed by atoms with Gasteiger partial charge in [-0.2, -0.15) is 0 Å². The summed E-state index contributed by atoms with van der Waals surface area (Å²) >= 11 is 6.13. The van der Waals surface area contributed by atoms with Crippen molar-refractivity contribution in [2.75, 3.05) is 32.2 Å². The Morgan fingerprint density at radius 3 is 2.24 bits per heavy atom. The summed E-state index contributed by atoms with van der Waals surface area (Å²) in [5.41, 5.74) is 0.961. The number of carbonyl (C=O) groups excluding carboxylic acids is 2. The van der Waals surface area contributed by atoms with Crippen LogP contribution in [0.25, 0.3) is 0 Å². The molecule has 1 atom stereocenters. The number of amides is 2. The molecule has 0 unspecified atom stereocenters. The van der Waals surface area contributed by atoms with Crippen molar-refractivity contribution in [3.05, 3.63) is 77.3 Å². The Balaban J connectivity index is 1.75. The summed E-state index contributed by atoms with van der Waals surface area (Å²) in [5.74, 6) is 0.359.